The fraction of sp³-hybridized carbons (Fsp3) is 0.500. The van der Waals surface area contributed by atoms with Gasteiger partial charge in [-0.25, -0.2) is 0 Å². The van der Waals surface area contributed by atoms with E-state index in [2.05, 4.69) is 74.6 Å². The SMILES string of the molecule is CCc1c(OC)ccc(C(CI)c2ccc(OC)c(CC)c2CC)c1CC. The van der Waals surface area contributed by atoms with Crippen molar-refractivity contribution in [2.45, 2.75) is 59.3 Å². The fourth-order valence-corrected chi connectivity index (χ4v) is 5.31. The van der Waals surface area contributed by atoms with Crippen molar-refractivity contribution in [1.82, 2.24) is 0 Å². The molecule has 27 heavy (non-hydrogen) atoms. The van der Waals surface area contributed by atoms with Crippen molar-refractivity contribution in [3.63, 3.8) is 0 Å². The quantitative estimate of drug-likeness (QED) is 0.301. The second kappa shape index (κ2) is 10.4. The van der Waals surface area contributed by atoms with Crippen LogP contribution in [0.25, 0.3) is 0 Å². The van der Waals surface area contributed by atoms with Crippen molar-refractivity contribution < 1.29 is 9.47 Å². The van der Waals surface area contributed by atoms with E-state index in [9.17, 15) is 0 Å². The predicted octanol–water partition coefficient (Wildman–Crippen LogP) is 6.52. The van der Waals surface area contributed by atoms with Gasteiger partial charge in [-0.3, -0.25) is 0 Å². The summed E-state index contributed by atoms with van der Waals surface area (Å²) in [5.41, 5.74) is 8.52. The minimum absolute atomic E-state index is 0.392. The molecular formula is C24H33IO2. The van der Waals surface area contributed by atoms with Crippen LogP contribution in [0.1, 0.15) is 67.0 Å². The molecule has 0 atom stereocenters. The molecule has 0 bridgehead atoms. The summed E-state index contributed by atoms with van der Waals surface area (Å²) < 4.78 is 12.4. The van der Waals surface area contributed by atoms with Crippen LogP contribution in [0.5, 0.6) is 11.5 Å². The molecule has 2 aromatic carbocycles. The Labute approximate surface area is 178 Å². The molecule has 0 amide bonds. The molecule has 0 saturated heterocycles. The molecule has 0 fully saturated rings. The fourth-order valence-electron chi connectivity index (χ4n) is 4.36. The van der Waals surface area contributed by atoms with Crippen molar-refractivity contribution in [1.29, 1.82) is 0 Å². The van der Waals surface area contributed by atoms with Crippen LogP contribution in [0.3, 0.4) is 0 Å². The number of methoxy groups -OCH3 is 2. The van der Waals surface area contributed by atoms with Crippen LogP contribution < -0.4 is 9.47 Å². The van der Waals surface area contributed by atoms with Crippen LogP contribution in [0.4, 0.5) is 0 Å². The molecule has 3 heteroatoms. The van der Waals surface area contributed by atoms with E-state index in [4.69, 9.17) is 9.47 Å². The molecule has 0 unspecified atom stereocenters. The molecule has 0 heterocycles. The van der Waals surface area contributed by atoms with Crippen LogP contribution in [0.15, 0.2) is 24.3 Å². The average molecular weight is 480 g/mol. The molecule has 2 aromatic rings. The van der Waals surface area contributed by atoms with E-state index in [-0.39, 0.29) is 0 Å². The summed E-state index contributed by atoms with van der Waals surface area (Å²) in [4.78, 5) is 0. The molecule has 0 aliphatic rings. The third kappa shape index (κ3) is 4.28. The Bertz CT molecular complexity index is 704. The molecule has 0 aromatic heterocycles. The van der Waals surface area contributed by atoms with Crippen molar-refractivity contribution in [2.75, 3.05) is 18.6 Å². The number of alkyl halides is 1. The highest BCUT2D eigenvalue weighted by Crippen LogP contribution is 2.39. The molecule has 2 nitrogen and oxygen atoms in total. The van der Waals surface area contributed by atoms with Gasteiger partial charge in [0, 0.05) is 10.3 Å². The number of hydrogen-bond acceptors (Lipinski definition) is 2. The van der Waals surface area contributed by atoms with E-state index in [1.54, 1.807) is 14.2 Å². The van der Waals surface area contributed by atoms with Crippen LogP contribution >= 0.6 is 22.6 Å². The molecule has 0 aliphatic carbocycles. The van der Waals surface area contributed by atoms with Gasteiger partial charge in [-0.2, -0.15) is 0 Å². The maximum absolute atomic E-state index is 5.65. The molecule has 0 N–H and O–H groups in total. The first-order valence-electron chi connectivity index (χ1n) is 10.0. The summed E-state index contributed by atoms with van der Waals surface area (Å²) in [6, 6.07) is 8.88. The Hall–Kier alpha value is -1.23. The van der Waals surface area contributed by atoms with Crippen molar-refractivity contribution in [3.8, 4) is 11.5 Å². The zero-order chi connectivity index (χ0) is 20.0. The summed E-state index contributed by atoms with van der Waals surface area (Å²) in [5.74, 6) is 2.43. The molecule has 2 rings (SSSR count). The third-order valence-corrected chi connectivity index (χ3v) is 6.49. The molecule has 0 spiro atoms. The number of ether oxygens (including phenoxy) is 2. The van der Waals surface area contributed by atoms with Gasteiger partial charge >= 0.3 is 0 Å². The van der Waals surface area contributed by atoms with E-state index in [0.717, 1.165) is 41.6 Å². The third-order valence-electron chi connectivity index (χ3n) is 5.61. The number of hydrogen-bond donors (Lipinski definition) is 0. The van der Waals surface area contributed by atoms with Crippen LogP contribution in [0, 0.1) is 0 Å². The Balaban J connectivity index is 2.71. The summed E-state index contributed by atoms with van der Waals surface area (Å²) in [5, 5.41) is 0. The Morgan fingerprint density at radius 1 is 0.667 bits per heavy atom. The zero-order valence-electron chi connectivity index (χ0n) is 17.6. The lowest BCUT2D eigenvalue weighted by Crippen LogP contribution is -2.12. The lowest BCUT2D eigenvalue weighted by molar-refractivity contribution is 0.409. The number of halogens is 1. The first kappa shape index (κ1) is 22.1. The minimum atomic E-state index is 0.392. The van der Waals surface area contributed by atoms with E-state index in [1.165, 1.54) is 33.4 Å². The number of benzene rings is 2. The highest BCUT2D eigenvalue weighted by Gasteiger charge is 2.23. The van der Waals surface area contributed by atoms with Gasteiger partial charge < -0.3 is 9.47 Å². The van der Waals surface area contributed by atoms with Gasteiger partial charge in [-0.1, -0.05) is 62.4 Å². The molecule has 0 aliphatic heterocycles. The largest absolute Gasteiger partial charge is 0.496 e. The summed E-state index contributed by atoms with van der Waals surface area (Å²) in [6.07, 6.45) is 4.05. The van der Waals surface area contributed by atoms with Crippen molar-refractivity contribution in [2.24, 2.45) is 0 Å². The lowest BCUT2D eigenvalue weighted by Gasteiger charge is -2.26. The minimum Gasteiger partial charge on any atom is -0.496 e. The molecule has 148 valence electrons. The Morgan fingerprint density at radius 3 is 1.30 bits per heavy atom. The van der Waals surface area contributed by atoms with Gasteiger partial charge in [0.1, 0.15) is 11.5 Å². The highest BCUT2D eigenvalue weighted by molar-refractivity contribution is 14.1. The topological polar surface area (TPSA) is 18.5 Å². The van der Waals surface area contributed by atoms with Crippen molar-refractivity contribution in [3.05, 3.63) is 57.6 Å². The number of rotatable bonds is 9. The monoisotopic (exact) mass is 480 g/mol. The maximum Gasteiger partial charge on any atom is 0.122 e. The first-order chi connectivity index (χ1) is 13.1. The van der Waals surface area contributed by atoms with Gasteiger partial charge in [-0.05, 0) is 71.2 Å². The smallest absolute Gasteiger partial charge is 0.122 e. The van der Waals surface area contributed by atoms with Crippen molar-refractivity contribution >= 4 is 22.6 Å². The molecule has 0 radical (unpaired) electrons. The van der Waals surface area contributed by atoms with Gasteiger partial charge in [0.05, 0.1) is 14.2 Å². The van der Waals surface area contributed by atoms with E-state index in [1.807, 2.05) is 0 Å². The van der Waals surface area contributed by atoms with E-state index < -0.39 is 0 Å². The van der Waals surface area contributed by atoms with Gasteiger partial charge in [0.2, 0.25) is 0 Å². The Kier molecular flexibility index (Phi) is 8.46. The highest BCUT2D eigenvalue weighted by atomic mass is 127. The second-order valence-corrected chi connectivity index (χ2v) is 7.63. The Morgan fingerprint density at radius 2 is 1.04 bits per heavy atom. The van der Waals surface area contributed by atoms with Gasteiger partial charge in [0.25, 0.3) is 0 Å². The zero-order valence-corrected chi connectivity index (χ0v) is 19.8. The van der Waals surface area contributed by atoms with Crippen LogP contribution in [-0.2, 0) is 25.7 Å². The standard InChI is InChI=1S/C24H33IO2/c1-7-16-18(9-3)23(26-5)13-11-20(16)22(15-25)21-12-14-24(27-6)19(10-4)17(21)8-2/h11-14,22H,7-10,15H2,1-6H3. The summed E-state index contributed by atoms with van der Waals surface area (Å²) in [7, 11) is 3.55. The average Bonchev–Trinajstić information content (AvgIpc) is 2.72. The summed E-state index contributed by atoms with van der Waals surface area (Å²) >= 11 is 2.54. The van der Waals surface area contributed by atoms with Gasteiger partial charge in [0.15, 0.2) is 0 Å². The normalized spacial score (nSPS) is 11.1. The second-order valence-electron chi connectivity index (χ2n) is 6.75. The van der Waals surface area contributed by atoms with Gasteiger partial charge in [-0.15, -0.1) is 0 Å². The van der Waals surface area contributed by atoms with Crippen LogP contribution in [-0.4, -0.2) is 18.6 Å². The van der Waals surface area contributed by atoms with E-state index in [0.29, 0.717) is 5.92 Å². The predicted molar refractivity (Wildman–Crippen MR) is 124 cm³/mol. The lowest BCUT2D eigenvalue weighted by atomic mass is 9.81. The maximum atomic E-state index is 5.65. The van der Waals surface area contributed by atoms with Crippen LogP contribution in [0.2, 0.25) is 0 Å². The van der Waals surface area contributed by atoms with E-state index >= 15 is 0 Å². The molecular weight excluding hydrogens is 447 g/mol. The molecule has 0 saturated carbocycles. The summed E-state index contributed by atoms with van der Waals surface area (Å²) in [6.45, 7) is 8.96. The first-order valence-corrected chi connectivity index (χ1v) is 11.6.